The second kappa shape index (κ2) is 6.57. The summed E-state index contributed by atoms with van der Waals surface area (Å²) in [7, 11) is -2.59. The first kappa shape index (κ1) is 18.1. The fourth-order valence-corrected chi connectivity index (χ4v) is 3.73. The second-order valence-electron chi connectivity index (χ2n) is 4.80. The van der Waals surface area contributed by atoms with Crippen LogP contribution in [0.25, 0.3) is 11.4 Å². The minimum atomic E-state index is -4.77. The lowest BCUT2D eigenvalue weighted by atomic mass is 10.2. The molecule has 0 aliphatic rings. The van der Waals surface area contributed by atoms with E-state index in [2.05, 4.69) is 23.8 Å². The van der Waals surface area contributed by atoms with Crippen molar-refractivity contribution in [2.45, 2.75) is 10.4 Å². The summed E-state index contributed by atoms with van der Waals surface area (Å²) in [5, 5.41) is 3.26. The normalized spacial score (nSPS) is 12.2. The summed E-state index contributed by atoms with van der Waals surface area (Å²) in [6.07, 6.45) is -4.77. The first-order valence-corrected chi connectivity index (χ1v) is 8.99. The summed E-state index contributed by atoms with van der Waals surface area (Å²) in [6.45, 7) is 0. The van der Waals surface area contributed by atoms with Crippen LogP contribution in [0.1, 0.15) is 5.89 Å². The minimum Gasteiger partial charge on any atom is -0.480 e. The van der Waals surface area contributed by atoms with E-state index >= 15 is 0 Å². The average Bonchev–Trinajstić information content (AvgIpc) is 3.24. The fourth-order valence-electron chi connectivity index (χ4n) is 1.85. The molecule has 2 heterocycles. The molecule has 0 spiro atoms. The predicted molar refractivity (Wildman–Crippen MR) is 84.2 cm³/mol. The molecule has 0 bridgehead atoms. The van der Waals surface area contributed by atoms with Gasteiger partial charge in [-0.25, -0.2) is 8.42 Å². The van der Waals surface area contributed by atoms with Crippen LogP contribution in [0.2, 0.25) is 0 Å². The van der Waals surface area contributed by atoms with Crippen molar-refractivity contribution >= 4 is 27.2 Å². The Bertz CT molecular complexity index is 1030. The molecule has 0 atom stereocenters. The first-order valence-electron chi connectivity index (χ1n) is 6.74. The maximum Gasteiger partial charge on any atom is 0.471 e. The summed E-state index contributed by atoms with van der Waals surface area (Å²) >= 11 is 0.717. The van der Waals surface area contributed by atoms with Crippen molar-refractivity contribution in [1.29, 1.82) is 0 Å². The van der Waals surface area contributed by atoms with Gasteiger partial charge in [0.1, 0.15) is 0 Å². The van der Waals surface area contributed by atoms with Crippen LogP contribution in [0.4, 0.5) is 18.9 Å². The minimum absolute atomic E-state index is 0.0846. The zero-order chi connectivity index (χ0) is 18.9. The first-order chi connectivity index (χ1) is 12.2. The lowest BCUT2D eigenvalue weighted by molar-refractivity contribution is -0.159. The summed E-state index contributed by atoms with van der Waals surface area (Å²) in [6, 6.07) is 6.79. The molecule has 0 unspecified atom stereocenters. The lowest BCUT2D eigenvalue weighted by Crippen LogP contribution is -2.11. The van der Waals surface area contributed by atoms with Gasteiger partial charge in [-0.05, 0) is 23.7 Å². The topological polar surface area (TPSA) is 107 Å². The number of sulfonamides is 1. The third kappa shape index (κ3) is 3.77. The number of hydrogen-bond acceptors (Lipinski definition) is 8. The predicted octanol–water partition coefficient (Wildman–Crippen LogP) is 3.02. The smallest absolute Gasteiger partial charge is 0.471 e. The molecule has 0 aliphatic heterocycles. The van der Waals surface area contributed by atoms with Crippen molar-refractivity contribution in [1.82, 2.24) is 14.5 Å². The van der Waals surface area contributed by atoms with Gasteiger partial charge in [0.25, 0.3) is 10.0 Å². The molecule has 2 aromatic heterocycles. The molecule has 0 saturated carbocycles. The molecule has 138 valence electrons. The van der Waals surface area contributed by atoms with Crippen LogP contribution in [0, 0.1) is 0 Å². The van der Waals surface area contributed by atoms with Crippen LogP contribution >= 0.6 is 11.5 Å². The van der Waals surface area contributed by atoms with Gasteiger partial charge in [0.2, 0.25) is 11.7 Å². The molecule has 13 heteroatoms. The summed E-state index contributed by atoms with van der Waals surface area (Å²) in [5.74, 6) is -1.66. The van der Waals surface area contributed by atoms with Gasteiger partial charge in [0.05, 0.1) is 7.11 Å². The van der Waals surface area contributed by atoms with E-state index in [9.17, 15) is 21.6 Å². The molecule has 0 saturated heterocycles. The average molecular weight is 406 g/mol. The maximum absolute atomic E-state index is 12.5. The van der Waals surface area contributed by atoms with Gasteiger partial charge in [-0.2, -0.15) is 22.5 Å². The van der Waals surface area contributed by atoms with Crippen LogP contribution in [0.15, 0.2) is 39.1 Å². The number of halogens is 3. The van der Waals surface area contributed by atoms with E-state index in [1.165, 1.54) is 37.4 Å². The number of hydrogen-bond donors (Lipinski definition) is 1. The molecule has 3 aromatic rings. The van der Waals surface area contributed by atoms with E-state index in [-0.39, 0.29) is 27.2 Å². The van der Waals surface area contributed by atoms with Gasteiger partial charge >= 0.3 is 12.1 Å². The molecule has 1 aromatic carbocycles. The largest absolute Gasteiger partial charge is 0.480 e. The van der Waals surface area contributed by atoms with Crippen molar-refractivity contribution in [2.75, 3.05) is 11.8 Å². The Labute approximate surface area is 148 Å². The maximum atomic E-state index is 12.5. The lowest BCUT2D eigenvalue weighted by Gasteiger charge is -2.06. The number of methoxy groups -OCH3 is 1. The molecule has 0 fully saturated rings. The van der Waals surface area contributed by atoms with Crippen molar-refractivity contribution in [3.63, 3.8) is 0 Å². The molecule has 0 aliphatic carbocycles. The Balaban J connectivity index is 1.86. The zero-order valence-corrected chi connectivity index (χ0v) is 14.4. The van der Waals surface area contributed by atoms with E-state index in [1.54, 1.807) is 0 Å². The number of nitrogens with one attached hydrogen (secondary N) is 1. The Hall–Kier alpha value is -2.67. The molecule has 1 N–H and O–H groups in total. The van der Waals surface area contributed by atoms with Crippen LogP contribution < -0.4 is 9.46 Å². The van der Waals surface area contributed by atoms with Crippen molar-refractivity contribution in [2.24, 2.45) is 0 Å². The van der Waals surface area contributed by atoms with Crippen LogP contribution in [0.3, 0.4) is 0 Å². The van der Waals surface area contributed by atoms with Gasteiger partial charge in [-0.3, -0.25) is 4.72 Å². The molecular formula is C13H9F3N4O4S2. The number of nitrogens with zero attached hydrogens (tertiary/aromatic N) is 3. The molecule has 0 amide bonds. The zero-order valence-electron chi connectivity index (χ0n) is 12.8. The van der Waals surface area contributed by atoms with E-state index in [0.717, 1.165) is 0 Å². The van der Waals surface area contributed by atoms with E-state index < -0.39 is 22.1 Å². The Morgan fingerprint density at radius 2 is 2.04 bits per heavy atom. The van der Waals surface area contributed by atoms with Gasteiger partial charge in [0, 0.05) is 17.3 Å². The molecule has 3 rings (SSSR count). The summed E-state index contributed by atoms with van der Waals surface area (Å²) < 4.78 is 77.2. The summed E-state index contributed by atoms with van der Waals surface area (Å²) in [5.41, 5.74) is 0.250. The van der Waals surface area contributed by atoms with E-state index in [1.807, 2.05) is 0 Å². The van der Waals surface area contributed by atoms with Gasteiger partial charge in [-0.1, -0.05) is 17.3 Å². The molecule has 8 nitrogen and oxygen atoms in total. The third-order valence-electron chi connectivity index (χ3n) is 2.98. The van der Waals surface area contributed by atoms with Crippen LogP contribution in [-0.4, -0.2) is 30.0 Å². The number of alkyl halides is 3. The number of aromatic nitrogens is 3. The van der Waals surface area contributed by atoms with Gasteiger partial charge in [0.15, 0.2) is 4.21 Å². The number of rotatable bonds is 5. The third-order valence-corrected chi connectivity index (χ3v) is 5.59. The molecule has 0 radical (unpaired) electrons. The van der Waals surface area contributed by atoms with Crippen LogP contribution in [-0.2, 0) is 16.2 Å². The highest BCUT2D eigenvalue weighted by atomic mass is 32.2. The SMILES string of the molecule is COc1cc(S(=O)(=O)Nc2cccc(-c3noc(C(F)(F)F)n3)c2)sn1. The Kier molecular flexibility index (Phi) is 4.58. The molecular weight excluding hydrogens is 397 g/mol. The molecule has 26 heavy (non-hydrogen) atoms. The highest BCUT2D eigenvalue weighted by molar-refractivity contribution is 7.94. The summed E-state index contributed by atoms with van der Waals surface area (Å²) in [4.78, 5) is 3.26. The van der Waals surface area contributed by atoms with Gasteiger partial charge < -0.3 is 9.26 Å². The number of ether oxygens (including phenoxy) is 1. The van der Waals surface area contributed by atoms with Crippen molar-refractivity contribution in [3.05, 3.63) is 36.2 Å². The quantitative estimate of drug-likeness (QED) is 0.694. The highest BCUT2D eigenvalue weighted by Gasteiger charge is 2.38. The number of benzene rings is 1. The fraction of sp³-hybridized carbons (Fsp3) is 0.154. The van der Waals surface area contributed by atoms with Crippen LogP contribution in [0.5, 0.6) is 5.88 Å². The Morgan fingerprint density at radius 1 is 1.27 bits per heavy atom. The van der Waals surface area contributed by atoms with E-state index in [4.69, 9.17) is 4.74 Å². The van der Waals surface area contributed by atoms with E-state index in [0.29, 0.717) is 11.5 Å². The monoisotopic (exact) mass is 406 g/mol. The second-order valence-corrected chi connectivity index (χ2v) is 7.51. The standard InChI is InChI=1S/C13H9F3N4O4S2/c1-23-9-6-10(25-19-9)26(21,22)20-8-4-2-3-7(5-8)11-17-12(24-18-11)13(14,15)16/h2-6,20H,1H3. The van der Waals surface area contributed by atoms with Gasteiger partial charge in [-0.15, -0.1) is 0 Å². The van der Waals surface area contributed by atoms with Crippen molar-refractivity contribution in [3.8, 4) is 17.3 Å². The number of anilines is 1. The highest BCUT2D eigenvalue weighted by Crippen LogP contribution is 2.30. The van der Waals surface area contributed by atoms with Crippen molar-refractivity contribution < 1.29 is 30.8 Å². The Morgan fingerprint density at radius 3 is 2.65 bits per heavy atom.